The largest absolute Gasteiger partial charge is 0.368 e. The number of rotatable bonds is 4. The minimum atomic E-state index is -0.339. The molecule has 30 heavy (non-hydrogen) atoms. The Morgan fingerprint density at radius 2 is 1.93 bits per heavy atom. The molecule has 0 saturated heterocycles. The highest BCUT2D eigenvalue weighted by molar-refractivity contribution is 7.18. The molecule has 3 heterocycles. The van der Waals surface area contributed by atoms with E-state index >= 15 is 0 Å². The zero-order valence-corrected chi connectivity index (χ0v) is 16.7. The maximum atomic E-state index is 13.1. The van der Waals surface area contributed by atoms with Crippen molar-refractivity contribution in [3.63, 3.8) is 0 Å². The number of aryl methyl sites for hydroxylation is 2. The van der Waals surface area contributed by atoms with Gasteiger partial charge in [-0.2, -0.15) is 15.0 Å². The first kappa shape index (κ1) is 18.6. The van der Waals surface area contributed by atoms with E-state index in [0.29, 0.717) is 16.9 Å². The van der Waals surface area contributed by atoms with Crippen molar-refractivity contribution in [1.82, 2.24) is 24.5 Å². The second-order valence-corrected chi connectivity index (χ2v) is 8.22. The van der Waals surface area contributed by atoms with Crippen LogP contribution >= 0.6 is 11.3 Å². The Morgan fingerprint density at radius 3 is 2.77 bits per heavy atom. The Morgan fingerprint density at radius 1 is 1.13 bits per heavy atom. The summed E-state index contributed by atoms with van der Waals surface area (Å²) in [5.74, 6) is 0.243. The van der Waals surface area contributed by atoms with Crippen molar-refractivity contribution in [1.29, 1.82) is 0 Å². The molecule has 0 unspecified atom stereocenters. The number of hydrogen-bond donors (Lipinski definition) is 2. The fourth-order valence-corrected chi connectivity index (χ4v) is 4.89. The van der Waals surface area contributed by atoms with Gasteiger partial charge in [-0.05, 0) is 55.5 Å². The summed E-state index contributed by atoms with van der Waals surface area (Å²) in [6, 6.07) is 5.79. The van der Waals surface area contributed by atoms with Gasteiger partial charge in [0.15, 0.2) is 5.82 Å². The maximum Gasteiger partial charge on any atom is 0.262 e. The molecule has 3 N–H and O–H groups in total. The van der Waals surface area contributed by atoms with E-state index in [-0.39, 0.29) is 29.8 Å². The Labute approximate surface area is 174 Å². The number of benzene rings is 1. The number of halogens is 1. The molecule has 0 amide bonds. The first-order valence-electron chi connectivity index (χ1n) is 9.59. The molecule has 1 aliphatic carbocycles. The van der Waals surface area contributed by atoms with Crippen molar-refractivity contribution in [3.8, 4) is 0 Å². The van der Waals surface area contributed by atoms with Crippen molar-refractivity contribution in [2.45, 2.75) is 32.2 Å². The second kappa shape index (κ2) is 7.45. The lowest BCUT2D eigenvalue weighted by molar-refractivity contribution is 0.628. The van der Waals surface area contributed by atoms with Crippen molar-refractivity contribution in [3.05, 3.63) is 63.0 Å². The zero-order chi connectivity index (χ0) is 20.7. The molecule has 10 heteroatoms. The summed E-state index contributed by atoms with van der Waals surface area (Å²) >= 11 is 1.61. The highest BCUT2D eigenvalue weighted by atomic mass is 32.1. The standard InChI is InChI=1S/C20H18FN7OS/c21-11-5-7-12(8-6-11)24-20-26-15(25-19(22)27-20)9-28-10-23-17-16(18(28)29)13-3-1-2-4-14(13)30-17/h5-8,10H,1-4,9H2,(H3,22,24,25,26,27). The van der Waals surface area contributed by atoms with Crippen LogP contribution in [0.3, 0.4) is 0 Å². The van der Waals surface area contributed by atoms with Crippen LogP contribution in [0.15, 0.2) is 35.4 Å². The topological polar surface area (TPSA) is 112 Å². The van der Waals surface area contributed by atoms with Crippen LogP contribution in [0.4, 0.5) is 22.0 Å². The summed E-state index contributed by atoms with van der Waals surface area (Å²) in [5.41, 5.74) is 7.49. The first-order valence-corrected chi connectivity index (χ1v) is 10.4. The molecule has 152 valence electrons. The van der Waals surface area contributed by atoms with E-state index in [1.165, 1.54) is 27.9 Å². The molecular weight excluding hydrogens is 405 g/mol. The van der Waals surface area contributed by atoms with Crippen LogP contribution < -0.4 is 16.6 Å². The number of anilines is 3. The Bertz CT molecular complexity index is 1300. The molecule has 0 atom stereocenters. The smallest absolute Gasteiger partial charge is 0.262 e. The highest BCUT2D eigenvalue weighted by Crippen LogP contribution is 2.33. The van der Waals surface area contributed by atoms with E-state index in [0.717, 1.165) is 36.1 Å². The quantitative estimate of drug-likeness (QED) is 0.519. The van der Waals surface area contributed by atoms with Gasteiger partial charge in [0, 0.05) is 10.6 Å². The molecule has 0 spiro atoms. The summed E-state index contributed by atoms with van der Waals surface area (Å²) in [4.78, 5) is 32.3. The number of hydrogen-bond acceptors (Lipinski definition) is 8. The molecule has 0 fully saturated rings. The van der Waals surface area contributed by atoms with Crippen LogP contribution in [0.25, 0.3) is 10.2 Å². The van der Waals surface area contributed by atoms with Gasteiger partial charge in [0.1, 0.15) is 10.6 Å². The van der Waals surface area contributed by atoms with Gasteiger partial charge in [0.2, 0.25) is 11.9 Å². The lowest BCUT2D eigenvalue weighted by atomic mass is 9.97. The van der Waals surface area contributed by atoms with Crippen LogP contribution in [0.1, 0.15) is 29.1 Å². The van der Waals surface area contributed by atoms with Crippen molar-refractivity contribution < 1.29 is 4.39 Å². The third-order valence-corrected chi connectivity index (χ3v) is 6.25. The van der Waals surface area contributed by atoms with Gasteiger partial charge < -0.3 is 11.1 Å². The SMILES string of the molecule is Nc1nc(Cn2cnc3sc4c(c3c2=O)CCCC4)nc(Nc2ccc(F)cc2)n1. The van der Waals surface area contributed by atoms with E-state index in [4.69, 9.17) is 5.73 Å². The molecule has 1 aliphatic rings. The molecule has 0 saturated carbocycles. The number of thiophene rings is 1. The van der Waals surface area contributed by atoms with E-state index in [1.54, 1.807) is 23.5 Å². The zero-order valence-electron chi connectivity index (χ0n) is 15.9. The predicted molar refractivity (Wildman–Crippen MR) is 114 cm³/mol. The van der Waals surface area contributed by atoms with E-state index in [9.17, 15) is 9.18 Å². The van der Waals surface area contributed by atoms with Crippen molar-refractivity contribution in [2.75, 3.05) is 11.1 Å². The van der Waals surface area contributed by atoms with Gasteiger partial charge in [-0.25, -0.2) is 9.37 Å². The van der Waals surface area contributed by atoms with Gasteiger partial charge in [-0.15, -0.1) is 11.3 Å². The second-order valence-electron chi connectivity index (χ2n) is 7.13. The monoisotopic (exact) mass is 423 g/mol. The normalized spacial score (nSPS) is 13.4. The van der Waals surface area contributed by atoms with Crippen LogP contribution in [0.5, 0.6) is 0 Å². The number of fused-ring (bicyclic) bond motifs is 3. The number of nitrogens with two attached hydrogens (primary N) is 1. The average molecular weight is 423 g/mol. The summed E-state index contributed by atoms with van der Waals surface area (Å²) in [6.07, 6.45) is 5.70. The fraction of sp³-hybridized carbons (Fsp3) is 0.250. The lowest BCUT2D eigenvalue weighted by Gasteiger charge is -2.11. The molecule has 5 rings (SSSR count). The third-order valence-electron chi connectivity index (χ3n) is 5.05. The average Bonchev–Trinajstić information content (AvgIpc) is 3.11. The highest BCUT2D eigenvalue weighted by Gasteiger charge is 2.20. The molecular formula is C20H18FN7OS. The third kappa shape index (κ3) is 3.50. The van der Waals surface area contributed by atoms with Gasteiger partial charge in [-0.3, -0.25) is 9.36 Å². The molecule has 1 aromatic carbocycles. The minimum absolute atomic E-state index is 0.0274. The molecule has 8 nitrogen and oxygen atoms in total. The molecule has 0 radical (unpaired) electrons. The van der Waals surface area contributed by atoms with E-state index in [2.05, 4.69) is 25.3 Å². The number of nitrogens with one attached hydrogen (secondary N) is 1. The maximum absolute atomic E-state index is 13.1. The molecule has 0 aliphatic heterocycles. The van der Waals surface area contributed by atoms with Crippen LogP contribution in [0, 0.1) is 5.82 Å². The summed E-state index contributed by atoms with van der Waals surface area (Å²) in [7, 11) is 0. The van der Waals surface area contributed by atoms with Crippen LogP contribution in [-0.2, 0) is 19.4 Å². The summed E-state index contributed by atoms with van der Waals surface area (Å²) < 4.78 is 14.6. The van der Waals surface area contributed by atoms with Crippen molar-refractivity contribution in [2.24, 2.45) is 0 Å². The van der Waals surface area contributed by atoms with Crippen molar-refractivity contribution >= 4 is 39.1 Å². The predicted octanol–water partition coefficient (Wildman–Crippen LogP) is 3.04. The fourth-order valence-electron chi connectivity index (χ4n) is 3.67. The Balaban J connectivity index is 1.47. The molecule has 3 aromatic heterocycles. The summed E-state index contributed by atoms with van der Waals surface area (Å²) in [5, 5.41) is 3.68. The molecule has 4 aromatic rings. The first-order chi connectivity index (χ1) is 14.6. The van der Waals surface area contributed by atoms with Crippen LogP contribution in [-0.4, -0.2) is 24.5 Å². The van der Waals surface area contributed by atoms with Gasteiger partial charge in [-0.1, -0.05) is 0 Å². The minimum Gasteiger partial charge on any atom is -0.368 e. The van der Waals surface area contributed by atoms with Crippen LogP contribution in [0.2, 0.25) is 0 Å². The number of nitrogens with zero attached hydrogens (tertiary/aromatic N) is 5. The van der Waals surface area contributed by atoms with E-state index < -0.39 is 0 Å². The molecule has 0 bridgehead atoms. The van der Waals surface area contributed by atoms with E-state index in [1.807, 2.05) is 0 Å². The lowest BCUT2D eigenvalue weighted by Crippen LogP contribution is -2.23. The van der Waals surface area contributed by atoms with Gasteiger partial charge >= 0.3 is 0 Å². The number of nitrogen functional groups attached to an aromatic ring is 1. The Kier molecular flexibility index (Phi) is 4.62. The number of aromatic nitrogens is 5. The summed E-state index contributed by atoms with van der Waals surface area (Å²) in [6.45, 7) is 0.122. The Hall–Kier alpha value is -3.40. The van der Waals surface area contributed by atoms with Gasteiger partial charge in [0.05, 0.1) is 18.3 Å². The van der Waals surface area contributed by atoms with Gasteiger partial charge in [0.25, 0.3) is 5.56 Å².